The number of fused-ring (bicyclic) bond motifs is 5. The van der Waals surface area contributed by atoms with E-state index in [4.69, 9.17) is 23.2 Å². The van der Waals surface area contributed by atoms with Crippen LogP contribution in [0.2, 0.25) is 10.0 Å². The van der Waals surface area contributed by atoms with Crippen LogP contribution in [0.4, 0.5) is 0 Å². The third kappa shape index (κ3) is 9.73. The molecule has 5 aromatic rings. The summed E-state index contributed by atoms with van der Waals surface area (Å²) in [6, 6.07) is 34.1. The molecule has 0 fully saturated rings. The molecule has 0 radical (unpaired) electrons. The Morgan fingerprint density at radius 2 is 1.25 bits per heavy atom. The Kier molecular flexibility index (Phi) is 13.5. The maximum absolute atomic E-state index is 5.84. The van der Waals surface area contributed by atoms with Crippen molar-refractivity contribution in [1.82, 2.24) is 0 Å². The van der Waals surface area contributed by atoms with E-state index in [2.05, 4.69) is 153 Å². The van der Waals surface area contributed by atoms with Crippen molar-refractivity contribution in [1.29, 1.82) is 0 Å². The molecule has 0 heterocycles. The van der Waals surface area contributed by atoms with Gasteiger partial charge in [0.2, 0.25) is 0 Å². The molecule has 3 aliphatic rings. The van der Waals surface area contributed by atoms with Crippen molar-refractivity contribution < 1.29 is 22.3 Å². The zero-order valence-corrected chi connectivity index (χ0v) is 36.0. The molecule has 264 valence electrons. The zero-order chi connectivity index (χ0) is 35.0. The second kappa shape index (κ2) is 16.7. The minimum atomic E-state index is -0.623. The summed E-state index contributed by atoms with van der Waals surface area (Å²) in [7, 11) is 0. The molecule has 0 atom stereocenters. The molecule has 0 aromatic heterocycles. The van der Waals surface area contributed by atoms with Gasteiger partial charge in [0, 0.05) is 5.41 Å². The molecular formula is C46H46Cl4Zr-2. The van der Waals surface area contributed by atoms with Gasteiger partial charge in [-0.15, -0.1) is 36.4 Å². The molecule has 0 amide bonds. The molecule has 8 rings (SSSR count). The average molecular weight is 832 g/mol. The van der Waals surface area contributed by atoms with Crippen LogP contribution in [0.15, 0.2) is 103 Å². The Labute approximate surface area is 338 Å². The first-order chi connectivity index (χ1) is 23.2. The fraction of sp³-hybridized carbons (Fsp3) is 0.239. The number of hydrogen-bond donors (Lipinski definition) is 0. The molecule has 51 heavy (non-hydrogen) atoms. The standard InChI is InChI=1S/C23H21.C9H13.2C7H5Cl.2ClH.Zr/c1-22(2)7-5-14-10-18-16(12-20(14)22)9-17-13-21-15(11-19(17)18)6-8-23(21,3)4;1-9(2,3)8-6-4-5-7-8;2*1-6-2-4-7(8)5-3-6;;;/h5-7,10-13H,9H2,1-4H3;4-7H,1-3H3;2*1-5H;2*1H;/q2*-1;;;;;. The second-order valence-corrected chi connectivity index (χ2v) is 18.4. The number of benzene rings is 4. The Balaban J connectivity index is 0.000000184. The first-order valence-electron chi connectivity index (χ1n) is 17.0. The van der Waals surface area contributed by atoms with Crippen molar-refractivity contribution in [3.8, 4) is 11.1 Å². The van der Waals surface area contributed by atoms with Crippen molar-refractivity contribution in [3.63, 3.8) is 0 Å². The summed E-state index contributed by atoms with van der Waals surface area (Å²) >= 11 is 11.0. The molecular weight excluding hydrogens is 786 g/mol. The van der Waals surface area contributed by atoms with Gasteiger partial charge in [0.05, 0.1) is 0 Å². The molecule has 0 spiro atoms. The quantitative estimate of drug-likeness (QED) is 0.153. The van der Waals surface area contributed by atoms with Gasteiger partial charge < -0.3 is 0 Å². The monoisotopic (exact) mass is 828 g/mol. The van der Waals surface area contributed by atoms with Crippen molar-refractivity contribution in [2.75, 3.05) is 0 Å². The third-order valence-electron chi connectivity index (χ3n) is 9.63. The van der Waals surface area contributed by atoms with E-state index < -0.39 is 22.3 Å². The first-order valence-corrected chi connectivity index (χ1v) is 20.6. The number of halogens is 4. The van der Waals surface area contributed by atoms with Crippen LogP contribution in [0.25, 0.3) is 23.3 Å². The van der Waals surface area contributed by atoms with Gasteiger partial charge in [-0.3, -0.25) is 6.08 Å². The summed E-state index contributed by atoms with van der Waals surface area (Å²) in [4.78, 5) is 0. The molecule has 0 nitrogen and oxygen atoms in total. The molecule has 0 saturated heterocycles. The van der Waals surface area contributed by atoms with E-state index in [9.17, 15) is 0 Å². The Hall–Kier alpha value is -2.51. The van der Waals surface area contributed by atoms with Crippen LogP contribution in [-0.4, -0.2) is 7.42 Å². The van der Waals surface area contributed by atoms with E-state index in [0.717, 1.165) is 16.5 Å². The minimum absolute atomic E-state index is 0. The van der Waals surface area contributed by atoms with E-state index in [1.165, 1.54) is 61.2 Å². The number of hydrogen-bond acceptors (Lipinski definition) is 0. The fourth-order valence-corrected chi connectivity index (χ4v) is 8.98. The van der Waals surface area contributed by atoms with E-state index >= 15 is 0 Å². The van der Waals surface area contributed by atoms with E-state index in [1.807, 2.05) is 24.3 Å². The van der Waals surface area contributed by atoms with Gasteiger partial charge >= 0.3 is 123 Å². The van der Waals surface area contributed by atoms with Crippen molar-refractivity contribution in [3.05, 3.63) is 169 Å². The van der Waals surface area contributed by atoms with Crippen molar-refractivity contribution >= 4 is 67.6 Å². The van der Waals surface area contributed by atoms with Crippen LogP contribution >= 0.6 is 48.0 Å². The van der Waals surface area contributed by atoms with Crippen LogP contribution in [0, 0.1) is 6.08 Å². The van der Waals surface area contributed by atoms with Gasteiger partial charge in [-0.25, -0.2) is 12.1 Å². The predicted octanol–water partition coefficient (Wildman–Crippen LogP) is 13.3. The molecule has 0 aliphatic heterocycles. The van der Waals surface area contributed by atoms with E-state index in [-0.39, 0.29) is 35.6 Å². The summed E-state index contributed by atoms with van der Waals surface area (Å²) in [5, 5.41) is 1.57. The Bertz CT molecular complexity index is 1970. The summed E-state index contributed by atoms with van der Waals surface area (Å²) < 4.78 is 4.66. The van der Waals surface area contributed by atoms with Gasteiger partial charge in [0.1, 0.15) is 0 Å². The van der Waals surface area contributed by atoms with Gasteiger partial charge in [0.15, 0.2) is 0 Å². The van der Waals surface area contributed by atoms with Gasteiger partial charge in [-0.1, -0.05) is 83.6 Å². The van der Waals surface area contributed by atoms with Gasteiger partial charge in [-0.05, 0) is 45.9 Å². The summed E-state index contributed by atoms with van der Waals surface area (Å²) in [5.41, 5.74) is 15.9. The number of allylic oxidation sites excluding steroid dienone is 2. The SMILES string of the molecule is CC(C)(C)c1cc[cH-]c1.CC1(C)[C-]=Cc2cc3c(cc21)Cc1cc2c(cc1-3)C=CC2(C)C.Cl.Cl.Clc1ccc([CH]=[Zr]=[CH]c2ccc(Cl)cc2)cc1. The average Bonchev–Trinajstić information content (AvgIpc) is 3.84. The van der Waals surface area contributed by atoms with Crippen molar-refractivity contribution in [2.45, 2.75) is 71.1 Å². The molecule has 3 aliphatic carbocycles. The van der Waals surface area contributed by atoms with Gasteiger partial charge in [0.25, 0.3) is 0 Å². The molecule has 5 aromatic carbocycles. The van der Waals surface area contributed by atoms with Crippen LogP contribution in [0.3, 0.4) is 0 Å². The molecule has 0 unspecified atom stereocenters. The van der Waals surface area contributed by atoms with E-state index in [0.29, 0.717) is 5.41 Å². The maximum atomic E-state index is 5.84. The first kappa shape index (κ1) is 41.3. The predicted molar refractivity (Wildman–Crippen MR) is 226 cm³/mol. The number of rotatable bonds is 2. The molecule has 0 saturated carbocycles. The third-order valence-corrected chi connectivity index (χ3v) is 12.6. The van der Waals surface area contributed by atoms with Crippen LogP contribution in [0.5, 0.6) is 0 Å². The van der Waals surface area contributed by atoms with Crippen LogP contribution in [-0.2, 0) is 44.9 Å². The topological polar surface area (TPSA) is 0 Å². The summed E-state index contributed by atoms with van der Waals surface area (Å²) in [6.07, 6.45) is 11.4. The van der Waals surface area contributed by atoms with Crippen LogP contribution < -0.4 is 0 Å². The van der Waals surface area contributed by atoms with Crippen LogP contribution in [0.1, 0.15) is 98.5 Å². The fourth-order valence-electron chi connectivity index (χ4n) is 6.63. The molecule has 0 bridgehead atoms. The zero-order valence-electron chi connectivity index (χ0n) is 30.4. The van der Waals surface area contributed by atoms with Crippen molar-refractivity contribution in [2.24, 2.45) is 0 Å². The Morgan fingerprint density at radius 3 is 1.75 bits per heavy atom. The summed E-state index contributed by atoms with van der Waals surface area (Å²) in [6.45, 7) is 15.8. The Morgan fingerprint density at radius 1 is 0.725 bits per heavy atom. The van der Waals surface area contributed by atoms with E-state index in [1.54, 1.807) is 0 Å². The summed E-state index contributed by atoms with van der Waals surface area (Å²) in [5.74, 6) is 0. The molecule has 0 N–H and O–H groups in total. The normalized spacial score (nSPS) is 14.5. The van der Waals surface area contributed by atoms with Gasteiger partial charge in [-0.2, -0.15) is 29.3 Å². The second-order valence-electron chi connectivity index (χ2n) is 15.3. The molecule has 5 heteroatoms.